The number of rotatable bonds is 7. The molecule has 7 heteroatoms. The number of ether oxygens (including phenoxy) is 1. The molecule has 0 spiro atoms. The van der Waals surface area contributed by atoms with Crippen LogP contribution in [0.3, 0.4) is 0 Å². The van der Waals surface area contributed by atoms with Gasteiger partial charge in [-0.2, -0.15) is 0 Å². The summed E-state index contributed by atoms with van der Waals surface area (Å²) in [5.41, 5.74) is 1.98. The maximum atomic E-state index is 11.7. The number of nitrogens with one attached hydrogen (secondary N) is 1. The fraction of sp³-hybridized carbons (Fsp3) is 0.500. The molecule has 0 bridgehead atoms. The third-order valence-electron chi connectivity index (χ3n) is 2.62. The van der Waals surface area contributed by atoms with Crippen LogP contribution in [0.4, 0.5) is 4.79 Å². The van der Waals surface area contributed by atoms with Crippen LogP contribution in [0.5, 0.6) is 0 Å². The Labute approximate surface area is 145 Å². The summed E-state index contributed by atoms with van der Waals surface area (Å²) in [7, 11) is 3.00. The van der Waals surface area contributed by atoms with Gasteiger partial charge in [0, 0.05) is 10.5 Å². The molecule has 1 aromatic rings. The molecule has 0 saturated heterocycles. The zero-order valence-corrected chi connectivity index (χ0v) is 15.4. The lowest BCUT2D eigenvalue weighted by atomic mass is 10.2. The van der Waals surface area contributed by atoms with Gasteiger partial charge in [-0.25, -0.2) is 9.59 Å². The van der Waals surface area contributed by atoms with Crippen LogP contribution in [0.1, 0.15) is 31.9 Å². The third kappa shape index (κ3) is 8.76. The second-order valence-corrected chi connectivity index (χ2v) is 9.24. The minimum absolute atomic E-state index is 0.0274. The zero-order valence-electron chi connectivity index (χ0n) is 13.8. The highest BCUT2D eigenvalue weighted by Crippen LogP contribution is 2.35. The molecule has 0 aromatic heterocycles. The first kappa shape index (κ1) is 19.7. The molecule has 0 aliphatic rings. The van der Waals surface area contributed by atoms with Crippen molar-refractivity contribution < 1.29 is 19.4 Å². The van der Waals surface area contributed by atoms with Crippen molar-refractivity contribution in [3.63, 3.8) is 0 Å². The van der Waals surface area contributed by atoms with Gasteiger partial charge in [-0.1, -0.05) is 72.2 Å². The van der Waals surface area contributed by atoms with E-state index < -0.39 is 18.1 Å². The molecule has 2 N–H and O–H groups in total. The summed E-state index contributed by atoms with van der Waals surface area (Å²) < 4.78 is 5.09. The minimum atomic E-state index is -1.07. The number of aryl methyl sites for hydroxylation is 1. The van der Waals surface area contributed by atoms with Gasteiger partial charge in [-0.15, -0.1) is 0 Å². The molecule has 0 heterocycles. The summed E-state index contributed by atoms with van der Waals surface area (Å²) in [4.78, 5) is 23.0. The molecule has 5 nitrogen and oxygen atoms in total. The van der Waals surface area contributed by atoms with Gasteiger partial charge in [0.1, 0.15) is 12.6 Å². The second-order valence-electron chi connectivity index (χ2n) is 6.08. The highest BCUT2D eigenvalue weighted by Gasteiger charge is 2.22. The van der Waals surface area contributed by atoms with E-state index in [1.807, 2.05) is 52.0 Å². The number of alkyl carbamates (subject to hydrolysis) is 1. The summed E-state index contributed by atoms with van der Waals surface area (Å²) in [6.07, 6.45) is -0.723. The molecule has 128 valence electrons. The van der Waals surface area contributed by atoms with Gasteiger partial charge in [0.2, 0.25) is 0 Å². The van der Waals surface area contributed by atoms with E-state index in [-0.39, 0.29) is 17.1 Å². The van der Waals surface area contributed by atoms with E-state index in [0.717, 1.165) is 11.1 Å². The highest BCUT2D eigenvalue weighted by molar-refractivity contribution is 8.77. The number of amides is 1. The van der Waals surface area contributed by atoms with Crippen LogP contribution in [0.2, 0.25) is 0 Å². The lowest BCUT2D eigenvalue weighted by Gasteiger charge is -2.19. The largest absolute Gasteiger partial charge is 0.480 e. The van der Waals surface area contributed by atoms with Crippen molar-refractivity contribution in [3.8, 4) is 0 Å². The fourth-order valence-corrected chi connectivity index (χ4v) is 3.93. The Morgan fingerprint density at radius 1 is 1.26 bits per heavy atom. The zero-order chi connectivity index (χ0) is 17.5. The highest BCUT2D eigenvalue weighted by atomic mass is 33.1. The number of hydrogen-bond donors (Lipinski definition) is 2. The number of aliphatic carboxylic acids is 1. The lowest BCUT2D eigenvalue weighted by molar-refractivity contribution is -0.138. The molecule has 1 rings (SSSR count). The molecule has 0 aliphatic heterocycles. The molecule has 1 atom stereocenters. The van der Waals surface area contributed by atoms with E-state index in [2.05, 4.69) is 5.32 Å². The lowest BCUT2D eigenvalue weighted by Crippen LogP contribution is -2.42. The number of carbonyl (C=O) groups excluding carboxylic acids is 1. The monoisotopic (exact) mass is 357 g/mol. The molecule has 23 heavy (non-hydrogen) atoms. The first-order valence-electron chi connectivity index (χ1n) is 7.19. The normalized spacial score (nSPS) is 12.5. The summed E-state index contributed by atoms with van der Waals surface area (Å²) >= 11 is 0. The molecular weight excluding hydrogens is 334 g/mol. The van der Waals surface area contributed by atoms with Crippen LogP contribution in [-0.2, 0) is 16.1 Å². The number of carbonyl (C=O) groups is 2. The number of carboxylic acids is 1. The maximum absolute atomic E-state index is 11.7. The van der Waals surface area contributed by atoms with Crippen molar-refractivity contribution in [2.24, 2.45) is 0 Å². The number of hydrogen-bond acceptors (Lipinski definition) is 5. The molecule has 1 aromatic carbocycles. The molecule has 1 amide bonds. The van der Waals surface area contributed by atoms with Crippen molar-refractivity contribution >= 4 is 33.7 Å². The van der Waals surface area contributed by atoms with Crippen molar-refractivity contribution in [2.75, 3.05) is 5.75 Å². The van der Waals surface area contributed by atoms with E-state index in [1.54, 1.807) is 10.8 Å². The minimum Gasteiger partial charge on any atom is -0.480 e. The van der Waals surface area contributed by atoms with Crippen molar-refractivity contribution in [3.05, 3.63) is 35.4 Å². The quantitative estimate of drug-likeness (QED) is 0.722. The Balaban J connectivity index is 2.41. The average molecular weight is 357 g/mol. The molecular formula is C16H23NO4S2. The van der Waals surface area contributed by atoms with Crippen molar-refractivity contribution in [1.82, 2.24) is 5.32 Å². The topological polar surface area (TPSA) is 75.6 Å². The number of benzene rings is 1. The van der Waals surface area contributed by atoms with Gasteiger partial charge in [0.15, 0.2) is 0 Å². The van der Waals surface area contributed by atoms with Crippen LogP contribution < -0.4 is 5.32 Å². The summed E-state index contributed by atoms with van der Waals surface area (Å²) in [5, 5.41) is 11.6. The first-order chi connectivity index (χ1) is 10.7. The fourth-order valence-electron chi connectivity index (χ4n) is 1.47. The second kappa shape index (κ2) is 9.08. The first-order valence-corrected chi connectivity index (χ1v) is 9.51. The Kier molecular flexibility index (Phi) is 7.78. The Bertz CT molecular complexity index is 526. The van der Waals surface area contributed by atoms with E-state index in [9.17, 15) is 14.7 Å². The Hall–Kier alpha value is -1.34. The van der Waals surface area contributed by atoms with E-state index in [1.165, 1.54) is 10.8 Å². The van der Waals surface area contributed by atoms with Gasteiger partial charge in [-0.3, -0.25) is 0 Å². The van der Waals surface area contributed by atoms with Gasteiger partial charge < -0.3 is 15.2 Å². The van der Waals surface area contributed by atoms with Crippen LogP contribution >= 0.6 is 21.6 Å². The average Bonchev–Trinajstić information content (AvgIpc) is 2.44. The molecule has 0 fully saturated rings. The molecule has 0 aliphatic carbocycles. The van der Waals surface area contributed by atoms with Crippen LogP contribution in [0.25, 0.3) is 0 Å². The number of carboxylic acid groups (broad SMARTS) is 1. The van der Waals surface area contributed by atoms with Crippen LogP contribution in [-0.4, -0.2) is 33.7 Å². The van der Waals surface area contributed by atoms with E-state index in [0.29, 0.717) is 0 Å². The smallest absolute Gasteiger partial charge is 0.408 e. The van der Waals surface area contributed by atoms with Gasteiger partial charge in [0.05, 0.1) is 0 Å². The summed E-state index contributed by atoms with van der Waals surface area (Å²) in [6.45, 7) is 8.22. The Morgan fingerprint density at radius 3 is 2.39 bits per heavy atom. The van der Waals surface area contributed by atoms with Gasteiger partial charge in [-0.05, 0) is 12.5 Å². The standard InChI is InChI=1S/C16H23NO4S2/c1-11-5-7-12(8-6-11)9-21-15(20)17-13(14(18)19)10-22-23-16(2,3)4/h5-8,13H,9-10H2,1-4H3,(H,17,20)(H,18,19)/t13-/m1/s1. The SMILES string of the molecule is Cc1ccc(COC(=O)N[C@H](CSSC(C)(C)C)C(=O)O)cc1. The summed E-state index contributed by atoms with van der Waals surface area (Å²) in [6, 6.07) is 6.62. The van der Waals surface area contributed by atoms with Crippen LogP contribution in [0.15, 0.2) is 24.3 Å². The van der Waals surface area contributed by atoms with Gasteiger partial charge >= 0.3 is 12.1 Å². The Morgan fingerprint density at radius 2 is 1.87 bits per heavy atom. The molecule has 0 saturated carbocycles. The summed E-state index contributed by atoms with van der Waals surface area (Å²) in [5.74, 6) is -0.795. The van der Waals surface area contributed by atoms with Crippen LogP contribution in [0, 0.1) is 6.92 Å². The van der Waals surface area contributed by atoms with Crippen molar-refractivity contribution in [1.29, 1.82) is 0 Å². The molecule has 0 radical (unpaired) electrons. The predicted molar refractivity (Wildman–Crippen MR) is 95.7 cm³/mol. The predicted octanol–water partition coefficient (Wildman–Crippen LogP) is 3.85. The van der Waals surface area contributed by atoms with E-state index >= 15 is 0 Å². The van der Waals surface area contributed by atoms with Gasteiger partial charge in [0.25, 0.3) is 0 Å². The third-order valence-corrected chi connectivity index (χ3v) is 5.97. The van der Waals surface area contributed by atoms with Crippen molar-refractivity contribution in [2.45, 2.75) is 45.1 Å². The molecule has 0 unspecified atom stereocenters. The van der Waals surface area contributed by atoms with E-state index in [4.69, 9.17) is 4.74 Å². The maximum Gasteiger partial charge on any atom is 0.408 e.